The largest absolute Gasteiger partial charge is 0.493 e. The SMILES string of the molecule is BrCCOc1ccccc1.Cl.Clc1ccc(C(c2ccccn2)N2CC3CCN(CCOc4ccccc4)CC3C2)cc1.Clc1ccc(C(c2ccccn2)N2CC3CCNCC3C2)cc1. The molecule has 1 N–H and O–H groups in total. The second-order valence-electron chi connectivity index (χ2n) is 17.5. The van der Waals surface area contributed by atoms with Crippen molar-refractivity contribution in [1.82, 2.24) is 30.0 Å². The molecule has 8 nitrogen and oxygen atoms in total. The van der Waals surface area contributed by atoms with Gasteiger partial charge >= 0.3 is 0 Å². The third-order valence-corrected chi connectivity index (χ3v) is 14.0. The van der Waals surface area contributed by atoms with Gasteiger partial charge in [-0.3, -0.25) is 24.7 Å². The Bertz CT molecular complexity index is 2260. The molecule has 348 valence electrons. The van der Waals surface area contributed by atoms with Crippen molar-refractivity contribution in [2.75, 3.05) is 77.4 Å². The van der Waals surface area contributed by atoms with E-state index in [4.69, 9.17) is 37.7 Å². The van der Waals surface area contributed by atoms with Gasteiger partial charge in [-0.15, -0.1) is 12.4 Å². The van der Waals surface area contributed by atoms with Gasteiger partial charge in [-0.1, -0.05) is 112 Å². The van der Waals surface area contributed by atoms with E-state index in [1.165, 1.54) is 24.0 Å². The Labute approximate surface area is 416 Å². The lowest BCUT2D eigenvalue weighted by Crippen LogP contribution is -2.41. The number of fused-ring (bicyclic) bond motifs is 2. The maximum Gasteiger partial charge on any atom is 0.119 e. The van der Waals surface area contributed by atoms with Gasteiger partial charge in [0.2, 0.25) is 0 Å². The molecule has 6 aromatic rings. The van der Waals surface area contributed by atoms with E-state index in [-0.39, 0.29) is 24.5 Å². The number of ether oxygens (including phenoxy) is 2. The van der Waals surface area contributed by atoms with Crippen LogP contribution < -0.4 is 14.8 Å². The molecule has 10 rings (SSSR count). The van der Waals surface area contributed by atoms with Gasteiger partial charge in [-0.05, 0) is 140 Å². The molecule has 12 heteroatoms. The Morgan fingerprint density at radius 2 is 1.05 bits per heavy atom. The number of likely N-dealkylation sites (tertiary alicyclic amines) is 3. The Hall–Kier alpha value is -4.03. The number of benzene rings is 4. The van der Waals surface area contributed by atoms with E-state index in [0.717, 1.165) is 128 Å². The fraction of sp³-hybridized carbons (Fsp3) is 0.370. The number of alkyl halides is 1. The first-order valence-corrected chi connectivity index (χ1v) is 25.0. The van der Waals surface area contributed by atoms with Crippen molar-refractivity contribution in [3.63, 3.8) is 0 Å². The molecule has 66 heavy (non-hydrogen) atoms. The summed E-state index contributed by atoms with van der Waals surface area (Å²) in [6.07, 6.45) is 6.33. The zero-order chi connectivity index (χ0) is 44.6. The van der Waals surface area contributed by atoms with Crippen LogP contribution in [-0.2, 0) is 0 Å². The highest BCUT2D eigenvalue weighted by molar-refractivity contribution is 9.09. The summed E-state index contributed by atoms with van der Waals surface area (Å²) in [5.74, 6) is 4.91. The van der Waals surface area contributed by atoms with Crippen molar-refractivity contribution in [3.05, 3.63) is 191 Å². The maximum atomic E-state index is 6.17. The third kappa shape index (κ3) is 14.0. The lowest BCUT2D eigenvalue weighted by molar-refractivity contribution is 0.127. The van der Waals surface area contributed by atoms with Crippen LogP contribution in [0.2, 0.25) is 10.0 Å². The van der Waals surface area contributed by atoms with Crippen molar-refractivity contribution in [2.24, 2.45) is 23.7 Å². The summed E-state index contributed by atoms with van der Waals surface area (Å²) in [7, 11) is 0. The summed E-state index contributed by atoms with van der Waals surface area (Å²) in [4.78, 5) is 17.2. The normalized spacial score (nSPS) is 21.3. The van der Waals surface area contributed by atoms with E-state index in [0.29, 0.717) is 5.92 Å². The molecule has 0 amide bonds. The van der Waals surface area contributed by atoms with Crippen LogP contribution in [0.1, 0.15) is 47.4 Å². The lowest BCUT2D eigenvalue weighted by Gasteiger charge is -2.34. The highest BCUT2D eigenvalue weighted by Gasteiger charge is 2.41. The van der Waals surface area contributed by atoms with Crippen molar-refractivity contribution in [3.8, 4) is 11.5 Å². The summed E-state index contributed by atoms with van der Waals surface area (Å²) in [6, 6.07) is 49.2. The molecule has 6 unspecified atom stereocenters. The Balaban J connectivity index is 0.000000166. The molecular formula is C54H62BrCl3N6O2. The highest BCUT2D eigenvalue weighted by atomic mass is 79.9. The number of hydrogen-bond acceptors (Lipinski definition) is 8. The molecule has 0 bridgehead atoms. The van der Waals surface area contributed by atoms with Crippen molar-refractivity contribution in [2.45, 2.75) is 24.9 Å². The van der Waals surface area contributed by atoms with Gasteiger partial charge in [-0.2, -0.15) is 0 Å². The molecule has 6 heterocycles. The molecule has 0 saturated carbocycles. The van der Waals surface area contributed by atoms with Crippen LogP contribution >= 0.6 is 51.5 Å². The van der Waals surface area contributed by atoms with E-state index >= 15 is 0 Å². The van der Waals surface area contributed by atoms with Gasteiger partial charge in [0.15, 0.2) is 0 Å². The first-order valence-electron chi connectivity index (χ1n) is 23.2. The van der Waals surface area contributed by atoms with E-state index in [2.05, 4.69) is 89.5 Å². The molecule has 2 aromatic heterocycles. The van der Waals surface area contributed by atoms with E-state index in [1.807, 2.05) is 109 Å². The fourth-order valence-electron chi connectivity index (χ4n) is 10.00. The molecule has 4 fully saturated rings. The van der Waals surface area contributed by atoms with Gasteiger partial charge in [0.1, 0.15) is 18.1 Å². The fourth-order valence-corrected chi connectivity index (χ4v) is 10.4. The number of pyridine rings is 2. The molecule has 0 aliphatic carbocycles. The molecule has 6 atom stereocenters. The summed E-state index contributed by atoms with van der Waals surface area (Å²) in [5, 5.41) is 5.98. The minimum absolute atomic E-state index is 0. The van der Waals surface area contributed by atoms with Crippen molar-refractivity contribution < 1.29 is 9.47 Å². The summed E-state index contributed by atoms with van der Waals surface area (Å²) in [5.41, 5.74) is 4.78. The molecule has 4 aliphatic heterocycles. The van der Waals surface area contributed by atoms with Crippen LogP contribution in [0.5, 0.6) is 11.5 Å². The molecule has 4 saturated heterocycles. The topological polar surface area (TPSA) is 66.0 Å². The predicted molar refractivity (Wildman–Crippen MR) is 276 cm³/mol. The second-order valence-corrected chi connectivity index (χ2v) is 19.1. The van der Waals surface area contributed by atoms with Crippen LogP contribution in [0.25, 0.3) is 0 Å². The molecule has 0 spiro atoms. The number of halogens is 4. The van der Waals surface area contributed by atoms with Gasteiger partial charge in [0.25, 0.3) is 0 Å². The molecule has 4 aliphatic rings. The average Bonchev–Trinajstić information content (AvgIpc) is 3.98. The first-order chi connectivity index (χ1) is 32.0. The minimum Gasteiger partial charge on any atom is -0.493 e. The van der Waals surface area contributed by atoms with E-state index < -0.39 is 0 Å². The van der Waals surface area contributed by atoms with E-state index in [1.54, 1.807) is 0 Å². The number of nitrogens with one attached hydrogen (secondary N) is 1. The number of nitrogens with zero attached hydrogens (tertiary/aromatic N) is 5. The Kier molecular flexibility index (Phi) is 19.6. The minimum atomic E-state index is 0. The van der Waals surface area contributed by atoms with Gasteiger partial charge in [-0.25, -0.2) is 0 Å². The Morgan fingerprint density at radius 3 is 1.55 bits per heavy atom. The summed E-state index contributed by atoms with van der Waals surface area (Å²) >= 11 is 15.5. The lowest BCUT2D eigenvalue weighted by atomic mass is 9.89. The van der Waals surface area contributed by atoms with Crippen LogP contribution in [-0.4, -0.2) is 102 Å². The second kappa shape index (κ2) is 25.9. The molecular weight excluding hydrogens is 951 g/mol. The summed E-state index contributed by atoms with van der Waals surface area (Å²) < 4.78 is 11.2. The zero-order valence-corrected chi connectivity index (χ0v) is 41.4. The van der Waals surface area contributed by atoms with E-state index in [9.17, 15) is 0 Å². The number of para-hydroxylation sites is 2. The predicted octanol–water partition coefficient (Wildman–Crippen LogP) is 11.4. The Morgan fingerprint density at radius 1 is 0.561 bits per heavy atom. The summed E-state index contributed by atoms with van der Waals surface area (Å²) in [6.45, 7) is 11.6. The average molecular weight is 1010 g/mol. The molecule has 0 radical (unpaired) electrons. The van der Waals surface area contributed by atoms with Gasteiger partial charge < -0.3 is 14.8 Å². The monoisotopic (exact) mass is 1010 g/mol. The van der Waals surface area contributed by atoms with Crippen LogP contribution in [0.4, 0.5) is 0 Å². The van der Waals surface area contributed by atoms with Crippen molar-refractivity contribution >= 4 is 51.5 Å². The number of rotatable bonds is 13. The van der Waals surface area contributed by atoms with Gasteiger partial charge in [0.05, 0.1) is 30.1 Å². The molecule has 4 aromatic carbocycles. The van der Waals surface area contributed by atoms with Crippen molar-refractivity contribution in [1.29, 1.82) is 0 Å². The van der Waals surface area contributed by atoms with Crippen LogP contribution in [0.3, 0.4) is 0 Å². The van der Waals surface area contributed by atoms with Crippen LogP contribution in [0.15, 0.2) is 158 Å². The smallest absolute Gasteiger partial charge is 0.119 e. The maximum absolute atomic E-state index is 6.17. The highest BCUT2D eigenvalue weighted by Crippen LogP contribution is 2.39. The standard InChI is InChI=1S/C27H30ClN3O.C19H22ClN3.C8H9BrO.ClH/c28-24-11-9-21(10-12-24)27(26-8-4-5-14-29-26)31-19-22-13-15-30(18-23(22)20-31)16-17-32-25-6-2-1-3-7-25;20-17-6-4-14(5-7-17)19(18-3-1-2-9-22-18)23-12-15-8-10-21-11-16(15)13-23;9-6-7-10-8-4-2-1-3-5-8;/h1-12,14,22-23,27H,13,15-20H2;1-7,9,15-16,19,21H,8,10-13H2;1-5H,6-7H2;1H. The number of aromatic nitrogens is 2. The van der Waals surface area contributed by atoms with Gasteiger partial charge in [0, 0.05) is 67.0 Å². The van der Waals surface area contributed by atoms with Crippen LogP contribution in [0, 0.1) is 23.7 Å². The number of hydrogen-bond donors (Lipinski definition) is 1. The first kappa shape index (κ1) is 49.9. The zero-order valence-electron chi connectivity index (χ0n) is 37.5. The quantitative estimate of drug-likeness (QED) is 0.115. The number of piperidine rings is 2. The third-order valence-electron chi connectivity index (χ3n) is 13.2.